The minimum Gasteiger partial charge on any atom is -0.344 e. The number of benzene rings is 1. The van der Waals surface area contributed by atoms with E-state index < -0.39 is 0 Å². The lowest BCUT2D eigenvalue weighted by Crippen LogP contribution is -2.29. The van der Waals surface area contributed by atoms with E-state index in [4.69, 9.17) is 11.6 Å². The predicted molar refractivity (Wildman–Crippen MR) is 104 cm³/mol. The highest BCUT2D eigenvalue weighted by Gasteiger charge is 2.22. The number of H-pyrrole nitrogens is 1. The van der Waals surface area contributed by atoms with Crippen LogP contribution in [0.3, 0.4) is 0 Å². The van der Waals surface area contributed by atoms with Crippen LogP contribution in [0.5, 0.6) is 0 Å². The number of urea groups is 1. The molecule has 0 spiro atoms. The highest BCUT2D eigenvalue weighted by molar-refractivity contribution is 7.22. The number of thiophene rings is 1. The van der Waals surface area contributed by atoms with E-state index in [9.17, 15) is 9.59 Å². The maximum Gasteiger partial charge on any atom is 0.321 e. The number of carbonyl (C=O) groups is 2. The molecule has 1 unspecified atom stereocenters. The van der Waals surface area contributed by atoms with Gasteiger partial charge in [-0.2, -0.15) is 0 Å². The molecule has 0 bridgehead atoms. The Labute approximate surface area is 159 Å². The number of anilines is 1. The SMILES string of the molecule is CC(NC(=O)c1cc2cc(Cl)sc2[nH]1)c1cccc(N2CCNC2=O)c1. The van der Waals surface area contributed by atoms with Crippen molar-refractivity contribution >= 4 is 50.8 Å². The molecule has 3 amide bonds. The Bertz CT molecular complexity index is 965. The van der Waals surface area contributed by atoms with Crippen LogP contribution in [0.15, 0.2) is 36.4 Å². The van der Waals surface area contributed by atoms with Crippen molar-refractivity contribution in [2.24, 2.45) is 0 Å². The summed E-state index contributed by atoms with van der Waals surface area (Å²) in [6.07, 6.45) is 0. The standard InChI is InChI=1S/C18H17ClN4O2S/c1-10(11-3-2-4-13(7-11)23-6-5-20-18(23)25)21-16(24)14-8-12-9-15(19)26-17(12)22-14/h2-4,7-10,22H,5-6H2,1H3,(H,20,25)(H,21,24). The van der Waals surface area contributed by atoms with E-state index in [1.165, 1.54) is 11.3 Å². The third-order valence-corrected chi connectivity index (χ3v) is 5.60. The third-order valence-electron chi connectivity index (χ3n) is 4.41. The van der Waals surface area contributed by atoms with Crippen molar-refractivity contribution in [1.82, 2.24) is 15.6 Å². The first-order chi connectivity index (χ1) is 12.5. The summed E-state index contributed by atoms with van der Waals surface area (Å²) >= 11 is 7.37. The number of fused-ring (bicyclic) bond motifs is 1. The van der Waals surface area contributed by atoms with E-state index in [0.29, 0.717) is 23.1 Å². The Hall–Kier alpha value is -2.51. The highest BCUT2D eigenvalue weighted by Crippen LogP contribution is 2.29. The van der Waals surface area contributed by atoms with E-state index in [0.717, 1.165) is 21.5 Å². The van der Waals surface area contributed by atoms with Crippen molar-refractivity contribution < 1.29 is 9.59 Å². The van der Waals surface area contributed by atoms with Gasteiger partial charge >= 0.3 is 6.03 Å². The summed E-state index contributed by atoms with van der Waals surface area (Å²) in [5, 5.41) is 6.71. The van der Waals surface area contributed by atoms with Crippen molar-refractivity contribution in [2.75, 3.05) is 18.0 Å². The zero-order valence-electron chi connectivity index (χ0n) is 14.0. The summed E-state index contributed by atoms with van der Waals surface area (Å²) in [5.41, 5.74) is 2.27. The summed E-state index contributed by atoms with van der Waals surface area (Å²) in [5.74, 6) is -0.179. The molecule has 1 fully saturated rings. The number of amides is 3. The Morgan fingerprint density at radius 3 is 2.92 bits per heavy atom. The molecule has 1 atom stereocenters. The van der Waals surface area contributed by atoms with Gasteiger partial charge < -0.3 is 15.6 Å². The lowest BCUT2D eigenvalue weighted by molar-refractivity contribution is 0.0935. The second-order valence-electron chi connectivity index (χ2n) is 6.19. The van der Waals surface area contributed by atoms with Crippen molar-refractivity contribution in [3.05, 3.63) is 52.0 Å². The molecule has 1 saturated heterocycles. The van der Waals surface area contributed by atoms with E-state index in [1.54, 1.807) is 11.0 Å². The van der Waals surface area contributed by atoms with Gasteiger partial charge in [-0.1, -0.05) is 23.7 Å². The van der Waals surface area contributed by atoms with Gasteiger partial charge in [0.1, 0.15) is 10.5 Å². The Morgan fingerprint density at radius 1 is 1.35 bits per heavy atom. The van der Waals surface area contributed by atoms with Gasteiger partial charge in [0.25, 0.3) is 5.91 Å². The summed E-state index contributed by atoms with van der Waals surface area (Å²) in [4.78, 5) is 30.0. The van der Waals surface area contributed by atoms with Gasteiger partial charge in [-0.05, 0) is 36.8 Å². The molecule has 2 aromatic heterocycles. The summed E-state index contributed by atoms with van der Waals surface area (Å²) in [6.45, 7) is 3.21. The predicted octanol–water partition coefficient (Wildman–Crippen LogP) is 3.90. The molecule has 3 aromatic rings. The maximum absolute atomic E-state index is 12.5. The molecule has 0 saturated carbocycles. The number of rotatable bonds is 4. The van der Waals surface area contributed by atoms with Crippen LogP contribution in [0.2, 0.25) is 4.34 Å². The zero-order valence-corrected chi connectivity index (χ0v) is 15.6. The average molecular weight is 389 g/mol. The largest absolute Gasteiger partial charge is 0.344 e. The molecule has 1 aromatic carbocycles. The van der Waals surface area contributed by atoms with Crippen LogP contribution in [-0.4, -0.2) is 30.0 Å². The van der Waals surface area contributed by atoms with Crippen LogP contribution in [0.25, 0.3) is 10.2 Å². The number of halogens is 1. The maximum atomic E-state index is 12.5. The summed E-state index contributed by atoms with van der Waals surface area (Å²) in [7, 11) is 0. The zero-order chi connectivity index (χ0) is 18.3. The van der Waals surface area contributed by atoms with Crippen LogP contribution in [0.1, 0.15) is 29.0 Å². The second-order valence-corrected chi connectivity index (χ2v) is 7.88. The number of nitrogens with one attached hydrogen (secondary N) is 3. The fourth-order valence-corrected chi connectivity index (χ4v) is 4.18. The minimum absolute atomic E-state index is 0.0936. The molecule has 134 valence electrons. The van der Waals surface area contributed by atoms with E-state index in [2.05, 4.69) is 15.6 Å². The van der Waals surface area contributed by atoms with Crippen LogP contribution >= 0.6 is 22.9 Å². The van der Waals surface area contributed by atoms with Crippen LogP contribution in [0.4, 0.5) is 10.5 Å². The first kappa shape index (κ1) is 16.9. The molecule has 6 nitrogen and oxygen atoms in total. The van der Waals surface area contributed by atoms with Crippen LogP contribution in [0, 0.1) is 0 Å². The van der Waals surface area contributed by atoms with Gasteiger partial charge in [-0.3, -0.25) is 9.69 Å². The lowest BCUT2D eigenvalue weighted by Gasteiger charge is -2.18. The van der Waals surface area contributed by atoms with E-state index in [-0.39, 0.29) is 18.0 Å². The van der Waals surface area contributed by atoms with Crippen molar-refractivity contribution in [3.8, 4) is 0 Å². The highest BCUT2D eigenvalue weighted by atomic mass is 35.5. The molecule has 4 rings (SSSR count). The van der Waals surface area contributed by atoms with Crippen LogP contribution in [-0.2, 0) is 0 Å². The molecule has 8 heteroatoms. The van der Waals surface area contributed by atoms with Gasteiger partial charge in [0.2, 0.25) is 0 Å². The number of carbonyl (C=O) groups excluding carboxylic acids is 2. The first-order valence-electron chi connectivity index (χ1n) is 8.25. The smallest absolute Gasteiger partial charge is 0.321 e. The molecule has 26 heavy (non-hydrogen) atoms. The fourth-order valence-electron chi connectivity index (χ4n) is 3.05. The molecule has 1 aliphatic heterocycles. The third kappa shape index (κ3) is 3.15. The monoisotopic (exact) mass is 388 g/mol. The Kier molecular flexibility index (Phi) is 4.34. The minimum atomic E-state index is -0.196. The van der Waals surface area contributed by atoms with Gasteiger partial charge in [-0.25, -0.2) is 4.79 Å². The van der Waals surface area contributed by atoms with Crippen LogP contribution < -0.4 is 15.5 Å². The van der Waals surface area contributed by atoms with Crippen molar-refractivity contribution in [2.45, 2.75) is 13.0 Å². The van der Waals surface area contributed by atoms with Crippen molar-refractivity contribution in [3.63, 3.8) is 0 Å². The number of nitrogens with zero attached hydrogens (tertiary/aromatic N) is 1. The molecular formula is C18H17ClN4O2S. The first-order valence-corrected chi connectivity index (χ1v) is 9.45. The van der Waals surface area contributed by atoms with E-state index >= 15 is 0 Å². The lowest BCUT2D eigenvalue weighted by atomic mass is 10.1. The quantitative estimate of drug-likeness (QED) is 0.633. The summed E-state index contributed by atoms with van der Waals surface area (Å²) < 4.78 is 0.689. The average Bonchev–Trinajstić information content (AvgIpc) is 3.29. The topological polar surface area (TPSA) is 77.2 Å². The molecule has 0 aliphatic carbocycles. The van der Waals surface area contributed by atoms with Gasteiger partial charge in [0.15, 0.2) is 0 Å². The van der Waals surface area contributed by atoms with Gasteiger partial charge in [0.05, 0.1) is 10.4 Å². The fraction of sp³-hybridized carbons (Fsp3) is 0.222. The molecule has 0 radical (unpaired) electrons. The van der Waals surface area contributed by atoms with Crippen molar-refractivity contribution in [1.29, 1.82) is 0 Å². The van der Waals surface area contributed by atoms with E-state index in [1.807, 2.05) is 37.3 Å². The van der Waals surface area contributed by atoms with Gasteiger partial charge in [-0.15, -0.1) is 11.3 Å². The number of hydrogen-bond acceptors (Lipinski definition) is 3. The second kappa shape index (κ2) is 6.66. The molecular weight excluding hydrogens is 372 g/mol. The van der Waals surface area contributed by atoms with Gasteiger partial charge in [0, 0.05) is 24.2 Å². The molecule has 3 N–H and O–H groups in total. The number of aromatic amines is 1. The normalized spacial score (nSPS) is 15.3. The Balaban J connectivity index is 1.50. The molecule has 3 heterocycles. The number of hydrogen-bond donors (Lipinski definition) is 3. The Morgan fingerprint density at radius 2 is 2.19 bits per heavy atom. The number of aromatic nitrogens is 1. The molecule has 1 aliphatic rings. The summed E-state index contributed by atoms with van der Waals surface area (Å²) in [6, 6.07) is 11.0.